The van der Waals surface area contributed by atoms with Crippen LogP contribution in [0.15, 0.2) is 34.2 Å². The van der Waals surface area contributed by atoms with Gasteiger partial charge in [-0.3, -0.25) is 9.59 Å². The number of halogens is 5. The molecule has 0 aliphatic rings. The summed E-state index contributed by atoms with van der Waals surface area (Å²) in [6.45, 7) is 0. The largest absolute Gasteiger partial charge is 0.433 e. The molecule has 1 heterocycles. The zero-order chi connectivity index (χ0) is 17.9. The maximum atomic E-state index is 12.6. The summed E-state index contributed by atoms with van der Waals surface area (Å²) in [6.07, 6.45) is -4.75. The van der Waals surface area contributed by atoms with E-state index < -0.39 is 23.3 Å². The zero-order valence-corrected chi connectivity index (χ0v) is 13.9. The molecule has 0 aliphatic heterocycles. The number of hydrogen-bond donors (Lipinski definition) is 2. The summed E-state index contributed by atoms with van der Waals surface area (Å²) >= 11 is 12.3. The van der Waals surface area contributed by atoms with Gasteiger partial charge in [-0.15, -0.1) is 0 Å². The molecule has 0 fully saturated rings. The summed E-state index contributed by atoms with van der Waals surface area (Å²) in [4.78, 5) is 28.5. The van der Waals surface area contributed by atoms with Crippen LogP contribution < -0.4 is 10.9 Å². The predicted octanol–water partition coefficient (Wildman–Crippen LogP) is 3.83. The van der Waals surface area contributed by atoms with Gasteiger partial charge >= 0.3 is 6.18 Å². The van der Waals surface area contributed by atoms with Crippen LogP contribution in [0.2, 0.25) is 10.0 Å². The van der Waals surface area contributed by atoms with Crippen LogP contribution in [-0.2, 0) is 11.0 Å². The van der Waals surface area contributed by atoms with E-state index in [9.17, 15) is 22.8 Å². The first kappa shape index (κ1) is 18.6. The maximum absolute atomic E-state index is 12.6. The van der Waals surface area contributed by atoms with Gasteiger partial charge in [0.05, 0.1) is 16.5 Å². The Bertz CT molecular complexity index is 827. The highest BCUT2D eigenvalue weighted by Gasteiger charge is 2.33. The molecule has 1 amide bonds. The fourth-order valence-electron chi connectivity index (χ4n) is 1.56. The van der Waals surface area contributed by atoms with Crippen LogP contribution in [0.3, 0.4) is 0 Å². The Morgan fingerprint density at radius 3 is 2.62 bits per heavy atom. The van der Waals surface area contributed by atoms with Gasteiger partial charge in [0.15, 0.2) is 10.9 Å². The van der Waals surface area contributed by atoms with Gasteiger partial charge in [0.1, 0.15) is 0 Å². The SMILES string of the molecule is O=C(CSc1nc(C(F)(F)F)cc(=O)[nH]1)Nc1ccc(Cl)cc1Cl. The second-order valence-electron chi connectivity index (χ2n) is 4.39. The Kier molecular flexibility index (Phi) is 5.79. The van der Waals surface area contributed by atoms with Gasteiger partial charge in [-0.05, 0) is 18.2 Å². The number of H-pyrrole nitrogens is 1. The molecule has 0 saturated heterocycles. The first-order valence-electron chi connectivity index (χ1n) is 6.21. The van der Waals surface area contributed by atoms with E-state index in [1.807, 2.05) is 0 Å². The summed E-state index contributed by atoms with van der Waals surface area (Å²) in [5, 5.41) is 2.76. The Hall–Kier alpha value is -1.71. The van der Waals surface area contributed by atoms with Gasteiger partial charge in [0.2, 0.25) is 5.91 Å². The van der Waals surface area contributed by atoms with Crippen LogP contribution in [0, 0.1) is 0 Å². The Morgan fingerprint density at radius 2 is 2.00 bits per heavy atom. The van der Waals surface area contributed by atoms with Crippen LogP contribution in [0.4, 0.5) is 18.9 Å². The number of amides is 1. The van der Waals surface area contributed by atoms with Crippen LogP contribution in [0.1, 0.15) is 5.69 Å². The summed E-state index contributed by atoms with van der Waals surface area (Å²) in [6, 6.07) is 4.77. The molecule has 0 aliphatic carbocycles. The van der Waals surface area contributed by atoms with Crippen molar-refractivity contribution >= 4 is 46.6 Å². The molecule has 128 valence electrons. The van der Waals surface area contributed by atoms with Crippen molar-refractivity contribution in [1.82, 2.24) is 9.97 Å². The number of carbonyl (C=O) groups excluding carboxylic acids is 1. The van der Waals surface area contributed by atoms with Gasteiger partial charge in [-0.1, -0.05) is 35.0 Å². The number of aromatic amines is 1. The number of hydrogen-bond acceptors (Lipinski definition) is 4. The maximum Gasteiger partial charge on any atom is 0.433 e. The fourth-order valence-corrected chi connectivity index (χ4v) is 2.69. The molecule has 1 aromatic heterocycles. The molecule has 2 rings (SSSR count). The molecular weight excluding hydrogens is 390 g/mol. The van der Waals surface area contributed by atoms with E-state index in [2.05, 4.69) is 15.3 Å². The minimum absolute atomic E-state index is 0.214. The van der Waals surface area contributed by atoms with E-state index in [0.717, 1.165) is 0 Å². The van der Waals surface area contributed by atoms with Crippen molar-refractivity contribution in [3.63, 3.8) is 0 Å². The van der Waals surface area contributed by atoms with Crippen LogP contribution in [0.5, 0.6) is 0 Å². The quantitative estimate of drug-likeness (QED) is 0.607. The average molecular weight is 398 g/mol. The van der Waals surface area contributed by atoms with Crippen molar-refractivity contribution in [2.75, 3.05) is 11.1 Å². The van der Waals surface area contributed by atoms with Crippen molar-refractivity contribution in [2.45, 2.75) is 11.3 Å². The lowest BCUT2D eigenvalue weighted by Gasteiger charge is -2.08. The van der Waals surface area contributed by atoms with E-state index in [4.69, 9.17) is 23.2 Å². The zero-order valence-electron chi connectivity index (χ0n) is 11.6. The van der Waals surface area contributed by atoms with Gasteiger partial charge in [0, 0.05) is 11.1 Å². The Morgan fingerprint density at radius 1 is 1.29 bits per heavy atom. The third kappa shape index (κ3) is 5.15. The van der Waals surface area contributed by atoms with Gasteiger partial charge in [-0.25, -0.2) is 4.98 Å². The second kappa shape index (κ2) is 7.45. The number of nitrogens with zero attached hydrogens (tertiary/aromatic N) is 1. The van der Waals surface area contributed by atoms with Gasteiger partial charge < -0.3 is 10.3 Å². The molecule has 11 heteroatoms. The minimum atomic E-state index is -4.75. The molecule has 2 aromatic rings. The molecule has 0 spiro atoms. The first-order chi connectivity index (χ1) is 11.1. The summed E-state index contributed by atoms with van der Waals surface area (Å²) in [5.74, 6) is -0.812. The first-order valence-corrected chi connectivity index (χ1v) is 7.95. The number of carbonyl (C=O) groups is 1. The highest BCUT2D eigenvalue weighted by atomic mass is 35.5. The highest BCUT2D eigenvalue weighted by Crippen LogP contribution is 2.28. The molecule has 0 unspecified atom stereocenters. The molecule has 0 atom stereocenters. The molecule has 0 radical (unpaired) electrons. The summed E-state index contributed by atoms with van der Waals surface area (Å²) < 4.78 is 37.7. The van der Waals surface area contributed by atoms with Crippen molar-refractivity contribution < 1.29 is 18.0 Å². The number of aromatic nitrogens is 2. The Balaban J connectivity index is 2.04. The number of nitrogens with one attached hydrogen (secondary N) is 2. The van der Waals surface area contributed by atoms with E-state index in [-0.39, 0.29) is 15.9 Å². The van der Waals surface area contributed by atoms with Gasteiger partial charge in [0.25, 0.3) is 5.56 Å². The van der Waals surface area contributed by atoms with Crippen molar-refractivity contribution in [3.8, 4) is 0 Å². The molecule has 0 saturated carbocycles. The van der Waals surface area contributed by atoms with Crippen molar-refractivity contribution in [2.24, 2.45) is 0 Å². The lowest BCUT2D eigenvalue weighted by Crippen LogP contribution is -2.18. The lowest BCUT2D eigenvalue weighted by molar-refractivity contribution is -0.141. The number of rotatable bonds is 4. The number of alkyl halides is 3. The van der Waals surface area contributed by atoms with Crippen LogP contribution >= 0.6 is 35.0 Å². The topological polar surface area (TPSA) is 74.8 Å². The molecule has 5 nitrogen and oxygen atoms in total. The van der Waals surface area contributed by atoms with Crippen molar-refractivity contribution in [1.29, 1.82) is 0 Å². The molecule has 1 aromatic carbocycles. The number of thioether (sulfide) groups is 1. The summed E-state index contributed by atoms with van der Waals surface area (Å²) in [5.41, 5.74) is -1.98. The second-order valence-corrected chi connectivity index (χ2v) is 6.20. The van der Waals surface area contributed by atoms with Gasteiger partial charge in [-0.2, -0.15) is 13.2 Å². The minimum Gasteiger partial charge on any atom is -0.324 e. The van der Waals surface area contributed by atoms with E-state index in [1.54, 1.807) is 0 Å². The van der Waals surface area contributed by atoms with Crippen LogP contribution in [0.25, 0.3) is 0 Å². The molecule has 24 heavy (non-hydrogen) atoms. The highest BCUT2D eigenvalue weighted by molar-refractivity contribution is 7.99. The van der Waals surface area contributed by atoms with Crippen LogP contribution in [-0.4, -0.2) is 21.6 Å². The van der Waals surface area contributed by atoms with E-state index >= 15 is 0 Å². The molecule has 0 bridgehead atoms. The number of anilines is 1. The van der Waals surface area contributed by atoms with E-state index in [0.29, 0.717) is 28.5 Å². The smallest absolute Gasteiger partial charge is 0.324 e. The monoisotopic (exact) mass is 397 g/mol. The average Bonchev–Trinajstić information content (AvgIpc) is 2.47. The fraction of sp³-hybridized carbons (Fsp3) is 0.154. The number of benzene rings is 1. The Labute approximate surface area is 147 Å². The summed E-state index contributed by atoms with van der Waals surface area (Å²) in [7, 11) is 0. The molecule has 2 N–H and O–H groups in total. The molecular formula is C13H8Cl2F3N3O2S. The van der Waals surface area contributed by atoms with E-state index in [1.165, 1.54) is 18.2 Å². The third-order valence-corrected chi connectivity index (χ3v) is 3.98. The normalized spacial score (nSPS) is 11.4. The standard InChI is InChI=1S/C13H8Cl2F3N3O2S/c14-6-1-2-8(7(15)3-6)19-11(23)5-24-12-20-9(13(16,17)18)4-10(22)21-12/h1-4H,5H2,(H,19,23)(H,20,21,22). The third-order valence-electron chi connectivity index (χ3n) is 2.56. The lowest BCUT2D eigenvalue weighted by atomic mass is 10.3. The predicted molar refractivity (Wildman–Crippen MR) is 85.7 cm³/mol. The van der Waals surface area contributed by atoms with Crippen molar-refractivity contribution in [3.05, 3.63) is 50.4 Å².